The Morgan fingerprint density at radius 3 is 2.54 bits per heavy atom. The molecule has 0 spiro atoms. The summed E-state index contributed by atoms with van der Waals surface area (Å²) in [6.07, 6.45) is 0. The normalized spacial score (nSPS) is 10.1. The Hall–Kier alpha value is -0.250. The van der Waals surface area contributed by atoms with Crippen LogP contribution in [0.1, 0.15) is 10.4 Å². The van der Waals surface area contributed by atoms with Gasteiger partial charge in [-0.15, -0.1) is 0 Å². The maximum absolute atomic E-state index is 11.2. The lowest BCUT2D eigenvalue weighted by Crippen LogP contribution is -2.00. The summed E-state index contributed by atoms with van der Waals surface area (Å²) in [7, 11) is 0. The third-order valence-electron chi connectivity index (χ3n) is 1.46. The molecule has 0 atom stereocenters. The highest BCUT2D eigenvalue weighted by Crippen LogP contribution is 2.30. The lowest BCUT2D eigenvalue weighted by Gasteiger charge is -2.03. The zero-order valence-corrected chi connectivity index (χ0v) is 9.45. The third-order valence-corrected chi connectivity index (χ3v) is 2.58. The number of alkyl halides is 1. The number of carbonyl (C=O) groups is 1. The summed E-state index contributed by atoms with van der Waals surface area (Å²) in [6, 6.07) is 2.60. The Morgan fingerprint density at radius 2 is 2.00 bits per heavy atom. The molecule has 5 heteroatoms. The topological polar surface area (TPSA) is 37.3 Å². The molecule has 0 aliphatic carbocycles. The van der Waals surface area contributed by atoms with E-state index in [1.165, 1.54) is 12.1 Å². The zero-order valence-electron chi connectivity index (χ0n) is 6.35. The van der Waals surface area contributed by atoms with E-state index in [2.05, 4.69) is 15.9 Å². The Morgan fingerprint density at radius 1 is 1.38 bits per heavy atom. The monoisotopic (exact) mass is 282 g/mol. The fourth-order valence-corrected chi connectivity index (χ4v) is 1.55. The molecule has 0 unspecified atom stereocenters. The summed E-state index contributed by atoms with van der Waals surface area (Å²) in [5, 5.41) is 9.63. The van der Waals surface area contributed by atoms with Gasteiger partial charge in [-0.1, -0.05) is 39.1 Å². The number of ketones is 1. The van der Waals surface area contributed by atoms with E-state index >= 15 is 0 Å². The molecule has 0 bridgehead atoms. The van der Waals surface area contributed by atoms with Crippen molar-refractivity contribution in [3.63, 3.8) is 0 Å². The van der Waals surface area contributed by atoms with Gasteiger partial charge in [0.05, 0.1) is 15.4 Å². The maximum atomic E-state index is 11.2. The highest BCUT2D eigenvalue weighted by atomic mass is 79.9. The largest absolute Gasteiger partial charge is 0.506 e. The van der Waals surface area contributed by atoms with Crippen molar-refractivity contribution in [2.45, 2.75) is 0 Å². The first kappa shape index (κ1) is 10.8. The van der Waals surface area contributed by atoms with Gasteiger partial charge in [0.25, 0.3) is 0 Å². The second-order valence-corrected chi connectivity index (χ2v) is 3.72. The summed E-state index contributed by atoms with van der Waals surface area (Å²) in [5.41, 5.74) is 0.307. The van der Waals surface area contributed by atoms with Crippen molar-refractivity contribution in [3.05, 3.63) is 27.7 Å². The predicted molar refractivity (Wildman–Crippen MR) is 56.3 cm³/mol. The molecule has 70 valence electrons. The highest BCUT2D eigenvalue weighted by Gasteiger charge is 2.12. The van der Waals surface area contributed by atoms with Crippen LogP contribution >= 0.6 is 39.1 Å². The second-order valence-electron chi connectivity index (χ2n) is 2.34. The Kier molecular flexibility index (Phi) is 3.59. The minimum absolute atomic E-state index is 0.119. The standard InChI is InChI=1S/C8H5BrCl2O2/c9-3-8(13)4-1-6(11)7(12)2-5(4)10/h1-2,12H,3H2. The molecule has 0 saturated carbocycles. The van der Waals surface area contributed by atoms with Gasteiger partial charge in [-0.05, 0) is 6.07 Å². The van der Waals surface area contributed by atoms with Gasteiger partial charge in [0.1, 0.15) is 5.75 Å². The van der Waals surface area contributed by atoms with Crippen molar-refractivity contribution in [2.75, 3.05) is 5.33 Å². The molecule has 1 aromatic carbocycles. The summed E-state index contributed by atoms with van der Waals surface area (Å²) in [6.45, 7) is 0. The van der Waals surface area contributed by atoms with E-state index < -0.39 is 0 Å². The number of phenolic OH excluding ortho intramolecular Hbond substituents is 1. The number of Topliss-reactive ketones (excluding diaryl/α,β-unsaturated/α-hetero) is 1. The molecular weight excluding hydrogens is 279 g/mol. The Labute approximate surface area is 93.6 Å². The van der Waals surface area contributed by atoms with Gasteiger partial charge in [0.15, 0.2) is 5.78 Å². The first-order valence-corrected chi connectivity index (χ1v) is 5.21. The minimum Gasteiger partial charge on any atom is -0.506 e. The molecule has 0 heterocycles. The number of hydrogen-bond acceptors (Lipinski definition) is 2. The summed E-state index contributed by atoms with van der Waals surface area (Å²) in [5.74, 6) is -0.301. The van der Waals surface area contributed by atoms with Crippen molar-refractivity contribution in [1.29, 1.82) is 0 Å². The van der Waals surface area contributed by atoms with Crippen LogP contribution in [0.5, 0.6) is 5.75 Å². The van der Waals surface area contributed by atoms with Crippen molar-refractivity contribution in [3.8, 4) is 5.75 Å². The quantitative estimate of drug-likeness (QED) is 0.668. The molecule has 0 aliphatic heterocycles. The first-order valence-electron chi connectivity index (χ1n) is 3.33. The van der Waals surface area contributed by atoms with Crippen LogP contribution in [0.4, 0.5) is 0 Å². The lowest BCUT2D eigenvalue weighted by atomic mass is 10.1. The van der Waals surface area contributed by atoms with Gasteiger partial charge in [0.2, 0.25) is 0 Å². The van der Waals surface area contributed by atoms with Crippen molar-refractivity contribution in [1.82, 2.24) is 0 Å². The molecule has 0 aliphatic rings. The molecule has 0 amide bonds. The molecule has 0 aromatic heterocycles. The van der Waals surface area contributed by atoms with Gasteiger partial charge in [0, 0.05) is 11.6 Å². The van der Waals surface area contributed by atoms with E-state index in [0.717, 1.165) is 0 Å². The van der Waals surface area contributed by atoms with Crippen LogP contribution in [0.15, 0.2) is 12.1 Å². The summed E-state index contributed by atoms with van der Waals surface area (Å²) < 4.78 is 0. The van der Waals surface area contributed by atoms with E-state index in [4.69, 9.17) is 28.3 Å². The highest BCUT2D eigenvalue weighted by molar-refractivity contribution is 9.09. The molecule has 0 saturated heterocycles. The van der Waals surface area contributed by atoms with Crippen molar-refractivity contribution in [2.24, 2.45) is 0 Å². The van der Waals surface area contributed by atoms with Crippen molar-refractivity contribution < 1.29 is 9.90 Å². The molecule has 1 N–H and O–H groups in total. The average Bonchev–Trinajstić information content (AvgIpc) is 2.10. The van der Waals surface area contributed by atoms with E-state index in [1.807, 2.05) is 0 Å². The molecule has 0 fully saturated rings. The van der Waals surface area contributed by atoms with Crippen LogP contribution in [0.25, 0.3) is 0 Å². The molecule has 0 radical (unpaired) electrons. The van der Waals surface area contributed by atoms with Crippen LogP contribution in [-0.2, 0) is 0 Å². The number of hydrogen-bond donors (Lipinski definition) is 1. The summed E-state index contributed by atoms with van der Waals surface area (Å²) >= 11 is 14.3. The third kappa shape index (κ3) is 2.36. The van der Waals surface area contributed by atoms with Crippen LogP contribution in [0.3, 0.4) is 0 Å². The molecular formula is C8H5BrCl2O2. The van der Waals surface area contributed by atoms with Crippen LogP contribution in [0, 0.1) is 0 Å². The molecule has 13 heavy (non-hydrogen) atoms. The maximum Gasteiger partial charge on any atom is 0.174 e. The SMILES string of the molecule is O=C(CBr)c1cc(Cl)c(O)cc1Cl. The zero-order chi connectivity index (χ0) is 10.0. The van der Waals surface area contributed by atoms with Gasteiger partial charge < -0.3 is 5.11 Å². The Bertz CT molecular complexity index is 352. The summed E-state index contributed by atoms with van der Waals surface area (Å²) in [4.78, 5) is 11.2. The van der Waals surface area contributed by atoms with E-state index in [1.54, 1.807) is 0 Å². The predicted octanol–water partition coefficient (Wildman–Crippen LogP) is 3.28. The lowest BCUT2D eigenvalue weighted by molar-refractivity contribution is 0.102. The van der Waals surface area contributed by atoms with Gasteiger partial charge >= 0.3 is 0 Å². The van der Waals surface area contributed by atoms with E-state index in [9.17, 15) is 4.79 Å². The van der Waals surface area contributed by atoms with E-state index in [-0.39, 0.29) is 26.9 Å². The van der Waals surface area contributed by atoms with Gasteiger partial charge in [-0.25, -0.2) is 0 Å². The first-order chi connectivity index (χ1) is 6.06. The van der Waals surface area contributed by atoms with Gasteiger partial charge in [-0.2, -0.15) is 0 Å². The van der Waals surface area contributed by atoms with Gasteiger partial charge in [-0.3, -0.25) is 4.79 Å². The number of rotatable bonds is 2. The van der Waals surface area contributed by atoms with E-state index in [0.29, 0.717) is 5.56 Å². The number of phenols is 1. The smallest absolute Gasteiger partial charge is 0.174 e. The number of aromatic hydroxyl groups is 1. The van der Waals surface area contributed by atoms with Crippen LogP contribution < -0.4 is 0 Å². The fourth-order valence-electron chi connectivity index (χ4n) is 0.822. The second kappa shape index (κ2) is 4.31. The number of benzene rings is 1. The van der Waals surface area contributed by atoms with Crippen LogP contribution in [0.2, 0.25) is 10.0 Å². The molecule has 1 rings (SSSR count). The molecule has 1 aromatic rings. The molecule has 2 nitrogen and oxygen atoms in total. The average molecular weight is 284 g/mol. The van der Waals surface area contributed by atoms with Crippen LogP contribution in [-0.4, -0.2) is 16.2 Å². The number of halogens is 3. The number of carbonyl (C=O) groups excluding carboxylic acids is 1. The Balaban J connectivity index is 3.23. The van der Waals surface area contributed by atoms with Crippen molar-refractivity contribution >= 4 is 44.9 Å². The minimum atomic E-state index is -0.174. The fraction of sp³-hybridized carbons (Fsp3) is 0.125.